The van der Waals surface area contributed by atoms with E-state index in [1.165, 1.54) is 0 Å². The van der Waals surface area contributed by atoms with E-state index in [0.717, 1.165) is 22.4 Å². The first-order valence-corrected chi connectivity index (χ1v) is 6.70. The Morgan fingerprint density at radius 1 is 1.10 bits per heavy atom. The van der Waals surface area contributed by atoms with Crippen LogP contribution in [0.15, 0.2) is 60.9 Å². The minimum atomic E-state index is -0.116. The molecule has 0 aliphatic rings. The van der Waals surface area contributed by atoms with Crippen molar-refractivity contribution in [2.24, 2.45) is 0 Å². The maximum Gasteiger partial charge on any atom is 0.255 e. The second kappa shape index (κ2) is 5.63. The number of aromatic nitrogens is 2. The number of hydrogen-bond donors (Lipinski definition) is 2. The number of benzene rings is 2. The maximum absolute atomic E-state index is 12.4. The van der Waals surface area contributed by atoms with Gasteiger partial charge in [-0.05, 0) is 36.2 Å². The molecule has 2 N–H and O–H groups in total. The number of amides is 1. The van der Waals surface area contributed by atoms with Crippen molar-refractivity contribution in [3.8, 4) is 11.1 Å². The minimum absolute atomic E-state index is 0.116. The quantitative estimate of drug-likeness (QED) is 0.768. The van der Waals surface area contributed by atoms with Crippen molar-refractivity contribution in [1.29, 1.82) is 0 Å². The summed E-state index contributed by atoms with van der Waals surface area (Å²) in [5.74, 6) is -0.116. The predicted octanol–water partition coefficient (Wildman–Crippen LogP) is 3.64. The van der Waals surface area contributed by atoms with Crippen molar-refractivity contribution in [3.05, 3.63) is 72.1 Å². The molecule has 0 aliphatic carbocycles. The lowest BCUT2D eigenvalue weighted by molar-refractivity contribution is 0.102. The van der Waals surface area contributed by atoms with E-state index in [2.05, 4.69) is 15.5 Å². The van der Waals surface area contributed by atoms with Gasteiger partial charge in [0.15, 0.2) is 0 Å². The lowest BCUT2D eigenvalue weighted by atomic mass is 10.1. The molecule has 1 heterocycles. The molecule has 0 fully saturated rings. The molecule has 0 spiro atoms. The Bertz CT molecular complexity index is 763. The summed E-state index contributed by atoms with van der Waals surface area (Å²) in [7, 11) is 0. The number of aromatic amines is 1. The molecule has 0 radical (unpaired) electrons. The Labute approximate surface area is 122 Å². The van der Waals surface area contributed by atoms with Crippen LogP contribution in [0.5, 0.6) is 0 Å². The van der Waals surface area contributed by atoms with Gasteiger partial charge in [-0.2, -0.15) is 5.10 Å². The molecule has 2 aromatic carbocycles. The third kappa shape index (κ3) is 2.84. The van der Waals surface area contributed by atoms with Crippen molar-refractivity contribution in [2.75, 3.05) is 5.32 Å². The summed E-state index contributed by atoms with van der Waals surface area (Å²) in [5.41, 5.74) is 4.41. The van der Waals surface area contributed by atoms with Crippen LogP contribution in [-0.4, -0.2) is 16.1 Å². The van der Waals surface area contributed by atoms with Crippen LogP contribution in [0, 0.1) is 6.92 Å². The fourth-order valence-corrected chi connectivity index (χ4v) is 2.16. The van der Waals surface area contributed by atoms with Gasteiger partial charge in [-0.1, -0.05) is 30.3 Å². The molecule has 0 atom stereocenters. The molecule has 0 aliphatic heterocycles. The molecule has 104 valence electrons. The summed E-state index contributed by atoms with van der Waals surface area (Å²) in [6.45, 7) is 1.97. The number of aryl methyl sites for hydroxylation is 1. The zero-order chi connectivity index (χ0) is 14.7. The molecular formula is C17H15N3O. The Morgan fingerprint density at radius 2 is 1.95 bits per heavy atom. The third-order valence-corrected chi connectivity index (χ3v) is 3.35. The lowest BCUT2D eigenvalue weighted by Gasteiger charge is -2.08. The molecule has 0 bridgehead atoms. The summed E-state index contributed by atoms with van der Waals surface area (Å²) < 4.78 is 0. The molecule has 3 aromatic rings. The maximum atomic E-state index is 12.4. The van der Waals surface area contributed by atoms with Crippen molar-refractivity contribution >= 4 is 11.6 Å². The van der Waals surface area contributed by atoms with Crippen LogP contribution in [0.25, 0.3) is 11.1 Å². The SMILES string of the molecule is Cc1ccccc1NC(=O)c1cccc(-c2cn[nH]c2)c1. The van der Waals surface area contributed by atoms with Crippen LogP contribution >= 0.6 is 0 Å². The topological polar surface area (TPSA) is 57.8 Å². The molecule has 3 rings (SSSR count). The van der Waals surface area contributed by atoms with Gasteiger partial charge in [0.1, 0.15) is 0 Å². The fourth-order valence-electron chi connectivity index (χ4n) is 2.16. The second-order valence-electron chi connectivity index (χ2n) is 4.84. The second-order valence-corrected chi connectivity index (χ2v) is 4.84. The average Bonchev–Trinajstić information content (AvgIpc) is 3.04. The Hall–Kier alpha value is -2.88. The van der Waals surface area contributed by atoms with E-state index in [-0.39, 0.29) is 5.91 Å². The van der Waals surface area contributed by atoms with E-state index in [1.54, 1.807) is 18.5 Å². The van der Waals surface area contributed by atoms with Gasteiger partial charge in [-0.25, -0.2) is 0 Å². The summed E-state index contributed by atoms with van der Waals surface area (Å²) >= 11 is 0. The predicted molar refractivity (Wildman–Crippen MR) is 83.2 cm³/mol. The first-order chi connectivity index (χ1) is 10.2. The third-order valence-electron chi connectivity index (χ3n) is 3.35. The Balaban J connectivity index is 1.85. The molecule has 1 amide bonds. The minimum Gasteiger partial charge on any atom is -0.322 e. The van der Waals surface area contributed by atoms with E-state index in [4.69, 9.17) is 0 Å². The molecule has 4 nitrogen and oxygen atoms in total. The van der Waals surface area contributed by atoms with E-state index in [1.807, 2.05) is 49.4 Å². The van der Waals surface area contributed by atoms with Crippen LogP contribution in [-0.2, 0) is 0 Å². The van der Waals surface area contributed by atoms with Crippen LogP contribution in [0.2, 0.25) is 0 Å². The number of carbonyl (C=O) groups excluding carboxylic acids is 1. The average molecular weight is 277 g/mol. The van der Waals surface area contributed by atoms with E-state index in [0.29, 0.717) is 5.56 Å². The normalized spacial score (nSPS) is 10.3. The van der Waals surface area contributed by atoms with Crippen LogP contribution in [0.4, 0.5) is 5.69 Å². The van der Waals surface area contributed by atoms with Gasteiger partial charge in [-0.3, -0.25) is 9.89 Å². The van der Waals surface area contributed by atoms with E-state index >= 15 is 0 Å². The molecular weight excluding hydrogens is 262 g/mol. The zero-order valence-electron chi connectivity index (χ0n) is 11.6. The first-order valence-electron chi connectivity index (χ1n) is 6.70. The summed E-state index contributed by atoms with van der Waals surface area (Å²) in [6, 6.07) is 15.2. The highest BCUT2D eigenvalue weighted by Crippen LogP contribution is 2.20. The van der Waals surface area contributed by atoms with Crippen molar-refractivity contribution in [2.45, 2.75) is 6.92 Å². The van der Waals surface area contributed by atoms with Gasteiger partial charge in [-0.15, -0.1) is 0 Å². The summed E-state index contributed by atoms with van der Waals surface area (Å²) in [4.78, 5) is 12.4. The number of hydrogen-bond acceptors (Lipinski definition) is 2. The van der Waals surface area contributed by atoms with Crippen LogP contribution < -0.4 is 5.32 Å². The highest BCUT2D eigenvalue weighted by molar-refractivity contribution is 6.05. The van der Waals surface area contributed by atoms with Crippen molar-refractivity contribution in [1.82, 2.24) is 10.2 Å². The number of para-hydroxylation sites is 1. The number of rotatable bonds is 3. The molecule has 1 aromatic heterocycles. The summed E-state index contributed by atoms with van der Waals surface area (Å²) in [6.07, 6.45) is 3.54. The van der Waals surface area contributed by atoms with E-state index in [9.17, 15) is 4.79 Å². The van der Waals surface area contributed by atoms with Crippen LogP contribution in [0.3, 0.4) is 0 Å². The van der Waals surface area contributed by atoms with Gasteiger partial charge in [0.25, 0.3) is 5.91 Å². The molecule has 21 heavy (non-hydrogen) atoms. The zero-order valence-corrected chi connectivity index (χ0v) is 11.6. The highest BCUT2D eigenvalue weighted by Gasteiger charge is 2.09. The van der Waals surface area contributed by atoms with Crippen LogP contribution in [0.1, 0.15) is 15.9 Å². The smallest absolute Gasteiger partial charge is 0.255 e. The number of anilines is 1. The monoisotopic (exact) mass is 277 g/mol. The molecule has 4 heteroatoms. The number of nitrogens with one attached hydrogen (secondary N) is 2. The number of carbonyl (C=O) groups is 1. The Kier molecular flexibility index (Phi) is 3.51. The van der Waals surface area contributed by atoms with Gasteiger partial charge in [0.2, 0.25) is 0 Å². The first kappa shape index (κ1) is 13.1. The highest BCUT2D eigenvalue weighted by atomic mass is 16.1. The van der Waals surface area contributed by atoms with Crippen molar-refractivity contribution in [3.63, 3.8) is 0 Å². The van der Waals surface area contributed by atoms with Gasteiger partial charge >= 0.3 is 0 Å². The van der Waals surface area contributed by atoms with Gasteiger partial charge in [0.05, 0.1) is 6.20 Å². The standard InChI is InChI=1S/C17H15N3O/c1-12-5-2-3-8-16(12)20-17(21)14-7-4-6-13(9-14)15-10-18-19-11-15/h2-11H,1H3,(H,18,19)(H,20,21). The Morgan fingerprint density at radius 3 is 2.71 bits per heavy atom. The van der Waals surface area contributed by atoms with Gasteiger partial charge < -0.3 is 5.32 Å². The number of nitrogens with zero attached hydrogens (tertiary/aromatic N) is 1. The summed E-state index contributed by atoms with van der Waals surface area (Å²) in [5, 5.41) is 9.64. The molecule has 0 saturated carbocycles. The van der Waals surface area contributed by atoms with E-state index < -0.39 is 0 Å². The molecule has 0 unspecified atom stereocenters. The van der Waals surface area contributed by atoms with Crippen molar-refractivity contribution < 1.29 is 4.79 Å². The largest absolute Gasteiger partial charge is 0.322 e. The lowest BCUT2D eigenvalue weighted by Crippen LogP contribution is -2.12. The fraction of sp³-hybridized carbons (Fsp3) is 0.0588. The van der Waals surface area contributed by atoms with Gasteiger partial charge in [0, 0.05) is 23.0 Å². The number of H-pyrrole nitrogens is 1. The molecule has 0 saturated heterocycles.